The molecule has 1 aliphatic heterocycles. The molecule has 8 heteroatoms. The minimum absolute atomic E-state index is 0.369. The van der Waals surface area contributed by atoms with Gasteiger partial charge in [0.2, 0.25) is 0 Å². The van der Waals surface area contributed by atoms with E-state index >= 15 is 0 Å². The van der Waals surface area contributed by atoms with Crippen molar-refractivity contribution in [2.75, 3.05) is 18.4 Å². The van der Waals surface area contributed by atoms with Crippen LogP contribution in [0.5, 0.6) is 0 Å². The molecule has 1 aliphatic rings. The van der Waals surface area contributed by atoms with E-state index in [2.05, 4.69) is 15.3 Å². The highest BCUT2D eigenvalue weighted by molar-refractivity contribution is 5.84. The minimum Gasteiger partial charge on any atom is -0.443 e. The highest BCUT2D eigenvalue weighted by Gasteiger charge is 2.49. The fourth-order valence-corrected chi connectivity index (χ4v) is 4.60. The second kappa shape index (κ2) is 10.2. The van der Waals surface area contributed by atoms with Crippen molar-refractivity contribution in [2.24, 2.45) is 0 Å². The lowest BCUT2D eigenvalue weighted by Gasteiger charge is -2.49. The Labute approximate surface area is 208 Å². The summed E-state index contributed by atoms with van der Waals surface area (Å²) in [6, 6.07) is 21.6. The lowest BCUT2D eigenvalue weighted by molar-refractivity contribution is -0.0953. The second-order valence-electron chi connectivity index (χ2n) is 8.68. The van der Waals surface area contributed by atoms with Crippen LogP contribution in [0.15, 0.2) is 104 Å². The van der Waals surface area contributed by atoms with Crippen LogP contribution in [0.25, 0.3) is 0 Å². The van der Waals surface area contributed by atoms with E-state index in [4.69, 9.17) is 4.74 Å². The summed E-state index contributed by atoms with van der Waals surface area (Å²) in [5.74, 6) is -0.369. The van der Waals surface area contributed by atoms with Gasteiger partial charge in [-0.05, 0) is 42.0 Å². The Bertz CT molecular complexity index is 1250. The van der Waals surface area contributed by atoms with Gasteiger partial charge in [0.25, 0.3) is 0 Å². The lowest BCUT2D eigenvalue weighted by Crippen LogP contribution is -2.59. The van der Waals surface area contributed by atoms with E-state index in [0.29, 0.717) is 35.5 Å². The largest absolute Gasteiger partial charge is 0.443 e. The van der Waals surface area contributed by atoms with Gasteiger partial charge in [-0.3, -0.25) is 20.2 Å². The van der Waals surface area contributed by atoms with Crippen molar-refractivity contribution < 1.29 is 19.0 Å². The normalized spacial score (nSPS) is 15.1. The van der Waals surface area contributed by atoms with E-state index in [9.17, 15) is 14.3 Å². The molecule has 5 rings (SSSR count). The van der Waals surface area contributed by atoms with E-state index < -0.39 is 17.7 Å². The Kier molecular flexibility index (Phi) is 6.71. The highest BCUT2D eigenvalue weighted by Crippen LogP contribution is 2.46. The fourth-order valence-electron chi connectivity index (χ4n) is 4.60. The Morgan fingerprint density at radius 2 is 1.56 bits per heavy atom. The molecule has 2 aromatic heterocycles. The van der Waals surface area contributed by atoms with Crippen LogP contribution in [0, 0.1) is 5.82 Å². The summed E-state index contributed by atoms with van der Waals surface area (Å²) in [6.45, 7) is 0.764. The Morgan fingerprint density at radius 1 is 0.944 bits per heavy atom. The van der Waals surface area contributed by atoms with Crippen molar-refractivity contribution in [3.63, 3.8) is 0 Å². The molecule has 0 radical (unpaired) electrons. The summed E-state index contributed by atoms with van der Waals surface area (Å²) in [5.41, 5.74) is 0.929. The van der Waals surface area contributed by atoms with E-state index in [-0.39, 0.29) is 11.9 Å². The number of carbonyl (C=O) groups excluding carboxylic acids is 1. The molecule has 2 N–H and O–H groups in total. The number of ether oxygens (including phenoxy) is 1. The first-order valence-electron chi connectivity index (χ1n) is 11.6. The van der Waals surface area contributed by atoms with Gasteiger partial charge in [-0.25, -0.2) is 9.18 Å². The molecular weight excluding hydrogens is 459 g/mol. The molecule has 1 saturated heterocycles. The number of anilines is 1. The third-order valence-corrected chi connectivity index (χ3v) is 6.32. The molecule has 1 amide bonds. The number of carbonyl (C=O) groups is 1. The molecule has 182 valence electrons. The standard InChI is InChI=1S/C28H25FN4O3/c29-23-12-10-20(11-13-23)26(28(35,21-6-4-14-30-16-21)22-7-5-15-31-17-22)33-18-25(19-33)36-27(34)32-24-8-2-1-3-9-24/h1-17,25-26,35H,18-19H2,(H,32,34). The number of para-hydroxylation sites is 1. The number of pyridine rings is 2. The molecule has 1 unspecified atom stereocenters. The van der Waals surface area contributed by atoms with Crippen LogP contribution in [0.4, 0.5) is 14.9 Å². The third kappa shape index (κ3) is 4.82. The number of rotatable bonds is 7. The third-order valence-electron chi connectivity index (χ3n) is 6.32. The maximum atomic E-state index is 13.8. The summed E-state index contributed by atoms with van der Waals surface area (Å²) in [5, 5.41) is 15.1. The molecule has 1 atom stereocenters. The van der Waals surface area contributed by atoms with E-state index in [1.54, 1.807) is 73.3 Å². The predicted octanol–water partition coefficient (Wildman–Crippen LogP) is 4.53. The average Bonchev–Trinajstić information content (AvgIpc) is 2.89. The van der Waals surface area contributed by atoms with Crippen molar-refractivity contribution in [3.8, 4) is 0 Å². The predicted molar refractivity (Wildman–Crippen MR) is 133 cm³/mol. The van der Waals surface area contributed by atoms with Gasteiger partial charge < -0.3 is 9.84 Å². The highest BCUT2D eigenvalue weighted by atomic mass is 19.1. The van der Waals surface area contributed by atoms with Gasteiger partial charge in [-0.15, -0.1) is 0 Å². The smallest absolute Gasteiger partial charge is 0.411 e. The number of nitrogens with one attached hydrogen (secondary N) is 1. The fraction of sp³-hybridized carbons (Fsp3) is 0.179. The van der Waals surface area contributed by atoms with Crippen LogP contribution in [0.3, 0.4) is 0 Å². The van der Waals surface area contributed by atoms with Gasteiger partial charge in [0.15, 0.2) is 0 Å². The molecule has 2 aromatic carbocycles. The zero-order valence-electron chi connectivity index (χ0n) is 19.4. The first-order valence-corrected chi connectivity index (χ1v) is 11.6. The maximum Gasteiger partial charge on any atom is 0.411 e. The number of aliphatic hydroxyl groups is 1. The number of amides is 1. The van der Waals surface area contributed by atoms with Crippen LogP contribution in [-0.4, -0.2) is 45.3 Å². The SMILES string of the molecule is O=C(Nc1ccccc1)OC1CN(C(c2ccc(F)cc2)C(O)(c2cccnc2)c2cccnc2)C1. The number of hydrogen-bond donors (Lipinski definition) is 2. The first-order chi connectivity index (χ1) is 17.5. The monoisotopic (exact) mass is 484 g/mol. The molecule has 0 bridgehead atoms. The first kappa shape index (κ1) is 23.6. The van der Waals surface area contributed by atoms with Crippen molar-refractivity contribution in [1.29, 1.82) is 0 Å². The number of likely N-dealkylation sites (tertiary alicyclic amines) is 1. The molecule has 36 heavy (non-hydrogen) atoms. The van der Waals surface area contributed by atoms with Crippen molar-refractivity contribution in [1.82, 2.24) is 14.9 Å². The molecule has 0 saturated carbocycles. The van der Waals surface area contributed by atoms with Crippen LogP contribution in [0.2, 0.25) is 0 Å². The Balaban J connectivity index is 1.44. The zero-order valence-corrected chi connectivity index (χ0v) is 19.4. The lowest BCUT2D eigenvalue weighted by atomic mass is 9.76. The Morgan fingerprint density at radius 3 is 2.11 bits per heavy atom. The van der Waals surface area contributed by atoms with E-state index in [1.807, 2.05) is 23.1 Å². The van der Waals surface area contributed by atoms with Gasteiger partial charge >= 0.3 is 6.09 Å². The van der Waals surface area contributed by atoms with Crippen molar-refractivity contribution in [2.45, 2.75) is 17.7 Å². The second-order valence-corrected chi connectivity index (χ2v) is 8.68. The number of nitrogens with zero attached hydrogens (tertiary/aromatic N) is 3. The van der Waals surface area contributed by atoms with E-state index in [0.717, 1.165) is 0 Å². The van der Waals surface area contributed by atoms with Crippen molar-refractivity contribution >= 4 is 11.8 Å². The number of halogens is 1. The van der Waals surface area contributed by atoms with Gasteiger partial charge in [0, 0.05) is 54.7 Å². The summed E-state index contributed by atoms with van der Waals surface area (Å²) in [7, 11) is 0. The number of hydrogen-bond acceptors (Lipinski definition) is 6. The van der Waals surface area contributed by atoms with Crippen LogP contribution in [-0.2, 0) is 10.3 Å². The van der Waals surface area contributed by atoms with Crippen LogP contribution in [0.1, 0.15) is 22.7 Å². The number of aromatic nitrogens is 2. The molecular formula is C28H25FN4O3. The number of benzene rings is 2. The van der Waals surface area contributed by atoms with Gasteiger partial charge in [-0.1, -0.05) is 42.5 Å². The minimum atomic E-state index is -1.56. The quantitative estimate of drug-likeness (QED) is 0.401. The topological polar surface area (TPSA) is 87.6 Å². The summed E-state index contributed by atoms with van der Waals surface area (Å²) < 4.78 is 19.4. The zero-order chi connectivity index (χ0) is 25.0. The van der Waals surface area contributed by atoms with Crippen LogP contribution < -0.4 is 5.32 Å². The summed E-state index contributed by atoms with van der Waals surface area (Å²) in [6.07, 6.45) is 5.59. The summed E-state index contributed by atoms with van der Waals surface area (Å²) >= 11 is 0. The Hall–Kier alpha value is -4.14. The van der Waals surface area contributed by atoms with Crippen molar-refractivity contribution in [3.05, 3.63) is 126 Å². The molecule has 0 spiro atoms. The summed E-state index contributed by atoms with van der Waals surface area (Å²) in [4.78, 5) is 22.8. The molecule has 7 nitrogen and oxygen atoms in total. The van der Waals surface area contributed by atoms with Gasteiger partial charge in [0.05, 0.1) is 6.04 Å². The van der Waals surface area contributed by atoms with Gasteiger partial charge in [0.1, 0.15) is 17.5 Å². The van der Waals surface area contributed by atoms with Crippen LogP contribution >= 0.6 is 0 Å². The average molecular weight is 485 g/mol. The van der Waals surface area contributed by atoms with E-state index in [1.165, 1.54) is 12.1 Å². The molecule has 1 fully saturated rings. The molecule has 0 aliphatic carbocycles. The van der Waals surface area contributed by atoms with Gasteiger partial charge in [-0.2, -0.15) is 0 Å². The molecule has 4 aromatic rings. The molecule has 3 heterocycles. The maximum absolute atomic E-state index is 13.8.